The fourth-order valence-electron chi connectivity index (χ4n) is 1.44. The predicted octanol–water partition coefficient (Wildman–Crippen LogP) is 2.00. The van der Waals surface area contributed by atoms with Gasteiger partial charge in [-0.1, -0.05) is 0 Å². The molecule has 0 spiro atoms. The van der Waals surface area contributed by atoms with E-state index in [2.05, 4.69) is 9.46 Å². The van der Waals surface area contributed by atoms with Gasteiger partial charge in [-0.25, -0.2) is 13.2 Å². The van der Waals surface area contributed by atoms with Gasteiger partial charge in [-0.2, -0.15) is 0 Å². The molecule has 0 amide bonds. The molecule has 0 saturated heterocycles. The quantitative estimate of drug-likeness (QED) is 0.424. The molecule has 8 heteroatoms. The first kappa shape index (κ1) is 17.6. The molecule has 0 saturated carbocycles. The van der Waals surface area contributed by atoms with Crippen molar-refractivity contribution in [1.82, 2.24) is 0 Å². The first-order valence-corrected chi connectivity index (χ1v) is 8.51. The number of esters is 1. The Morgan fingerprint density at radius 1 is 1.24 bits per heavy atom. The van der Waals surface area contributed by atoms with Crippen molar-refractivity contribution in [2.45, 2.75) is 12.8 Å². The third-order valence-corrected chi connectivity index (χ3v) is 4.15. The molecule has 0 aliphatic carbocycles. The van der Waals surface area contributed by atoms with Crippen molar-refractivity contribution in [1.29, 1.82) is 0 Å². The van der Waals surface area contributed by atoms with E-state index in [1.807, 2.05) is 0 Å². The summed E-state index contributed by atoms with van der Waals surface area (Å²) in [5.74, 6) is 0.437. The SMILES string of the molecule is COC(=O)COc1ccc(NS(=O)(=O)CCCCCl)cc1. The van der Waals surface area contributed by atoms with Crippen LogP contribution in [0, 0.1) is 0 Å². The Kier molecular flexibility index (Phi) is 7.31. The van der Waals surface area contributed by atoms with Crippen LogP contribution >= 0.6 is 11.6 Å². The maximum Gasteiger partial charge on any atom is 0.343 e. The smallest absolute Gasteiger partial charge is 0.343 e. The molecule has 1 N–H and O–H groups in total. The van der Waals surface area contributed by atoms with E-state index in [-0.39, 0.29) is 12.4 Å². The van der Waals surface area contributed by atoms with Crippen molar-refractivity contribution < 1.29 is 22.7 Å². The van der Waals surface area contributed by atoms with Gasteiger partial charge in [-0.05, 0) is 37.1 Å². The number of hydrogen-bond donors (Lipinski definition) is 1. The molecule has 1 rings (SSSR count). The summed E-state index contributed by atoms with van der Waals surface area (Å²) in [6, 6.07) is 6.26. The van der Waals surface area contributed by atoms with Gasteiger partial charge in [-0.3, -0.25) is 4.72 Å². The van der Waals surface area contributed by atoms with E-state index in [0.29, 0.717) is 30.2 Å². The van der Waals surface area contributed by atoms with Crippen LogP contribution in [0.25, 0.3) is 0 Å². The summed E-state index contributed by atoms with van der Waals surface area (Å²) in [4.78, 5) is 10.9. The monoisotopic (exact) mass is 335 g/mol. The predicted molar refractivity (Wildman–Crippen MR) is 81.3 cm³/mol. The number of carbonyl (C=O) groups excluding carboxylic acids is 1. The fraction of sp³-hybridized carbons (Fsp3) is 0.462. The summed E-state index contributed by atoms with van der Waals surface area (Å²) < 4.78 is 35.6. The number of carbonyl (C=O) groups is 1. The second-order valence-corrected chi connectivity index (χ2v) is 6.43. The zero-order valence-corrected chi connectivity index (χ0v) is 13.2. The van der Waals surface area contributed by atoms with Crippen LogP contribution < -0.4 is 9.46 Å². The van der Waals surface area contributed by atoms with Gasteiger partial charge < -0.3 is 9.47 Å². The lowest BCUT2D eigenvalue weighted by Gasteiger charge is -2.09. The van der Waals surface area contributed by atoms with Crippen LogP contribution in [0.2, 0.25) is 0 Å². The largest absolute Gasteiger partial charge is 0.482 e. The molecule has 6 nitrogen and oxygen atoms in total. The van der Waals surface area contributed by atoms with E-state index in [1.54, 1.807) is 24.3 Å². The zero-order chi connectivity index (χ0) is 15.7. The highest BCUT2D eigenvalue weighted by molar-refractivity contribution is 7.92. The third-order valence-electron chi connectivity index (χ3n) is 2.51. The zero-order valence-electron chi connectivity index (χ0n) is 11.7. The number of hydrogen-bond acceptors (Lipinski definition) is 5. The molecule has 21 heavy (non-hydrogen) atoms. The molecule has 0 radical (unpaired) electrons. The van der Waals surface area contributed by atoms with E-state index in [9.17, 15) is 13.2 Å². The van der Waals surface area contributed by atoms with Crippen LogP contribution in [0.15, 0.2) is 24.3 Å². The van der Waals surface area contributed by atoms with Gasteiger partial charge in [0, 0.05) is 11.6 Å². The molecule has 0 atom stereocenters. The summed E-state index contributed by atoms with van der Waals surface area (Å²) >= 11 is 5.51. The van der Waals surface area contributed by atoms with Crippen molar-refractivity contribution in [2.75, 3.05) is 30.1 Å². The summed E-state index contributed by atoms with van der Waals surface area (Å²) in [6.45, 7) is -0.194. The number of rotatable bonds is 9. The van der Waals surface area contributed by atoms with Crippen LogP contribution in [-0.4, -0.2) is 39.7 Å². The van der Waals surface area contributed by atoms with E-state index in [0.717, 1.165) is 0 Å². The third kappa shape index (κ3) is 7.19. The average Bonchev–Trinajstić information content (AvgIpc) is 2.46. The minimum absolute atomic E-state index is 0.0281. The average molecular weight is 336 g/mol. The molecule has 0 aliphatic heterocycles. The molecule has 0 bridgehead atoms. The van der Waals surface area contributed by atoms with E-state index in [1.165, 1.54) is 7.11 Å². The van der Waals surface area contributed by atoms with Crippen LogP contribution in [0.5, 0.6) is 5.75 Å². The minimum Gasteiger partial charge on any atom is -0.482 e. The first-order chi connectivity index (χ1) is 9.96. The summed E-state index contributed by atoms with van der Waals surface area (Å²) in [7, 11) is -2.10. The standard InChI is InChI=1S/C13H18ClNO5S/c1-19-13(16)10-20-12-6-4-11(5-7-12)15-21(17,18)9-3-2-8-14/h4-7,15H,2-3,8-10H2,1H3. The van der Waals surface area contributed by atoms with E-state index < -0.39 is 16.0 Å². The summed E-state index contributed by atoms with van der Waals surface area (Å²) in [5.41, 5.74) is 0.436. The molecule has 1 aromatic carbocycles. The number of alkyl halides is 1. The normalized spacial score (nSPS) is 11.0. The number of anilines is 1. The van der Waals surface area contributed by atoms with Crippen LogP contribution in [0.4, 0.5) is 5.69 Å². The van der Waals surface area contributed by atoms with Crippen molar-refractivity contribution in [3.63, 3.8) is 0 Å². The van der Waals surface area contributed by atoms with E-state index >= 15 is 0 Å². The second-order valence-electron chi connectivity index (χ2n) is 4.21. The summed E-state index contributed by atoms with van der Waals surface area (Å²) in [5, 5.41) is 0. The molecule has 0 aromatic heterocycles. The molecule has 1 aromatic rings. The van der Waals surface area contributed by atoms with Crippen molar-refractivity contribution >= 4 is 33.3 Å². The molecule has 0 heterocycles. The van der Waals surface area contributed by atoms with Gasteiger partial charge in [0.05, 0.1) is 12.9 Å². The van der Waals surface area contributed by atoms with E-state index in [4.69, 9.17) is 16.3 Å². The van der Waals surface area contributed by atoms with Crippen LogP contribution in [0.1, 0.15) is 12.8 Å². The highest BCUT2D eigenvalue weighted by atomic mass is 35.5. The lowest BCUT2D eigenvalue weighted by Crippen LogP contribution is -2.16. The van der Waals surface area contributed by atoms with Gasteiger partial charge in [0.15, 0.2) is 6.61 Å². The maximum atomic E-state index is 11.8. The lowest BCUT2D eigenvalue weighted by atomic mass is 10.3. The Hall–Kier alpha value is -1.47. The topological polar surface area (TPSA) is 81.7 Å². The van der Waals surface area contributed by atoms with Gasteiger partial charge >= 0.3 is 5.97 Å². The number of ether oxygens (including phenoxy) is 2. The van der Waals surface area contributed by atoms with Gasteiger partial charge in [-0.15, -0.1) is 11.6 Å². The number of nitrogens with one attached hydrogen (secondary N) is 1. The molecule has 0 fully saturated rings. The Balaban J connectivity index is 2.52. The molecular formula is C13H18ClNO5S. The minimum atomic E-state index is -3.37. The van der Waals surface area contributed by atoms with Crippen LogP contribution in [-0.2, 0) is 19.6 Å². The molecular weight excluding hydrogens is 318 g/mol. The highest BCUT2D eigenvalue weighted by Crippen LogP contribution is 2.17. The van der Waals surface area contributed by atoms with Crippen molar-refractivity contribution in [3.05, 3.63) is 24.3 Å². The van der Waals surface area contributed by atoms with Crippen molar-refractivity contribution in [2.24, 2.45) is 0 Å². The number of methoxy groups -OCH3 is 1. The number of unbranched alkanes of at least 4 members (excludes halogenated alkanes) is 1. The Morgan fingerprint density at radius 2 is 1.90 bits per heavy atom. The highest BCUT2D eigenvalue weighted by Gasteiger charge is 2.10. The number of sulfonamides is 1. The number of benzene rings is 1. The van der Waals surface area contributed by atoms with Gasteiger partial charge in [0.1, 0.15) is 5.75 Å². The van der Waals surface area contributed by atoms with Crippen LogP contribution in [0.3, 0.4) is 0 Å². The van der Waals surface area contributed by atoms with Gasteiger partial charge in [0.2, 0.25) is 10.0 Å². The lowest BCUT2D eigenvalue weighted by molar-refractivity contribution is -0.142. The van der Waals surface area contributed by atoms with Crippen molar-refractivity contribution in [3.8, 4) is 5.75 Å². The second kappa shape index (κ2) is 8.74. The Labute approximate surface area is 129 Å². The molecule has 0 unspecified atom stereocenters. The molecule has 118 valence electrons. The first-order valence-electron chi connectivity index (χ1n) is 6.33. The Morgan fingerprint density at radius 3 is 2.48 bits per heavy atom. The molecule has 0 aliphatic rings. The maximum absolute atomic E-state index is 11.8. The van der Waals surface area contributed by atoms with Gasteiger partial charge in [0.25, 0.3) is 0 Å². The Bertz CT molecular complexity index is 544. The number of halogens is 1. The summed E-state index contributed by atoms with van der Waals surface area (Å²) in [6.07, 6.45) is 1.17. The fourth-order valence-corrected chi connectivity index (χ4v) is 2.81.